The van der Waals surface area contributed by atoms with Gasteiger partial charge in [-0.3, -0.25) is 14.5 Å². The number of hydrogen-bond donors (Lipinski definition) is 1. The molecule has 36 heavy (non-hydrogen) atoms. The molecule has 4 fully saturated rings. The summed E-state index contributed by atoms with van der Waals surface area (Å²) in [6.07, 6.45) is 12.6. The molecule has 4 aliphatic rings. The zero-order chi connectivity index (χ0) is 25.5. The third kappa shape index (κ3) is 7.01. The standard InChI is InChI=1S/C29H48N4O3/c1-22(2)24-9-6-10-26(18-24)33-12-11-29(20-30,21-33)31-28(35)25(17-23-7-4-3-5-8-23)19-27(34)32-13-15-36-16-14-32/h22-26H,3-19,21H2,1-2H3,(H,31,35). The van der Waals surface area contributed by atoms with Crippen LogP contribution in [0.2, 0.25) is 0 Å². The van der Waals surface area contributed by atoms with E-state index in [2.05, 4.69) is 30.1 Å². The minimum Gasteiger partial charge on any atom is -0.378 e. The Morgan fingerprint density at radius 1 is 1.06 bits per heavy atom. The van der Waals surface area contributed by atoms with E-state index < -0.39 is 5.54 Å². The van der Waals surface area contributed by atoms with Crippen molar-refractivity contribution < 1.29 is 14.3 Å². The van der Waals surface area contributed by atoms with Crippen LogP contribution in [0.3, 0.4) is 0 Å². The number of nitrogens with zero attached hydrogens (tertiary/aromatic N) is 3. The Kier molecular flexibility index (Phi) is 9.69. The third-order valence-electron chi connectivity index (χ3n) is 9.52. The van der Waals surface area contributed by atoms with E-state index in [1.165, 1.54) is 44.9 Å². The van der Waals surface area contributed by atoms with Crippen molar-refractivity contribution in [3.63, 3.8) is 0 Å². The van der Waals surface area contributed by atoms with Gasteiger partial charge in [0.15, 0.2) is 0 Å². The summed E-state index contributed by atoms with van der Waals surface area (Å²) < 4.78 is 5.41. The van der Waals surface area contributed by atoms with Gasteiger partial charge in [-0.05, 0) is 43.4 Å². The summed E-state index contributed by atoms with van der Waals surface area (Å²) in [5.74, 6) is 1.55. The fourth-order valence-electron chi connectivity index (χ4n) is 7.11. The number of hydrogen-bond acceptors (Lipinski definition) is 5. The number of amides is 2. The van der Waals surface area contributed by atoms with E-state index in [4.69, 9.17) is 4.74 Å². The first kappa shape index (κ1) is 27.4. The molecule has 0 spiro atoms. The SMILES string of the molecule is CC(C)C1CCCC(N2CCC(C#N)(NC(=O)C(CC(=O)N3CCOCC3)CC3CCCCC3)C2)C1. The molecule has 4 atom stereocenters. The second-order valence-electron chi connectivity index (χ2n) is 12.4. The van der Waals surface area contributed by atoms with Crippen LogP contribution in [-0.4, -0.2) is 72.6 Å². The van der Waals surface area contributed by atoms with Crippen molar-refractivity contribution in [3.8, 4) is 6.07 Å². The average molecular weight is 501 g/mol. The number of nitrogens with one attached hydrogen (secondary N) is 1. The molecule has 7 heteroatoms. The van der Waals surface area contributed by atoms with Crippen LogP contribution in [0.5, 0.6) is 0 Å². The number of ether oxygens (including phenoxy) is 1. The summed E-state index contributed by atoms with van der Waals surface area (Å²) in [6, 6.07) is 3.01. The molecule has 2 saturated carbocycles. The van der Waals surface area contributed by atoms with Crippen LogP contribution in [0.25, 0.3) is 0 Å². The highest BCUT2D eigenvalue weighted by atomic mass is 16.5. The van der Waals surface area contributed by atoms with Crippen molar-refractivity contribution in [1.29, 1.82) is 5.26 Å². The van der Waals surface area contributed by atoms with Gasteiger partial charge in [0.2, 0.25) is 11.8 Å². The normalized spacial score (nSPS) is 31.2. The molecule has 2 aliphatic heterocycles. The summed E-state index contributed by atoms with van der Waals surface area (Å²) >= 11 is 0. The maximum absolute atomic E-state index is 13.7. The molecule has 4 unspecified atom stereocenters. The van der Waals surface area contributed by atoms with Crippen LogP contribution in [0.15, 0.2) is 0 Å². The first-order valence-electron chi connectivity index (χ1n) is 14.7. The maximum atomic E-state index is 13.7. The molecule has 2 heterocycles. The zero-order valence-corrected chi connectivity index (χ0v) is 22.7. The number of rotatable bonds is 8. The van der Waals surface area contributed by atoms with Crippen LogP contribution in [-0.2, 0) is 14.3 Å². The molecule has 0 aromatic carbocycles. The lowest BCUT2D eigenvalue weighted by molar-refractivity contribution is -0.140. The average Bonchev–Trinajstić information content (AvgIpc) is 3.34. The molecule has 2 aliphatic carbocycles. The van der Waals surface area contributed by atoms with E-state index in [0.717, 1.165) is 31.7 Å². The zero-order valence-electron chi connectivity index (χ0n) is 22.7. The summed E-state index contributed by atoms with van der Waals surface area (Å²) in [7, 11) is 0. The Labute approximate surface area is 218 Å². The van der Waals surface area contributed by atoms with Gasteiger partial charge in [0.25, 0.3) is 0 Å². The Morgan fingerprint density at radius 3 is 2.50 bits per heavy atom. The molecule has 7 nitrogen and oxygen atoms in total. The van der Waals surface area contributed by atoms with Gasteiger partial charge in [0.1, 0.15) is 5.54 Å². The van der Waals surface area contributed by atoms with Gasteiger partial charge < -0.3 is 15.0 Å². The van der Waals surface area contributed by atoms with Gasteiger partial charge in [0.05, 0.1) is 19.3 Å². The Bertz CT molecular complexity index is 784. The molecule has 202 valence electrons. The largest absolute Gasteiger partial charge is 0.378 e. The summed E-state index contributed by atoms with van der Waals surface area (Å²) in [6.45, 7) is 8.46. The van der Waals surface area contributed by atoms with Crippen molar-refractivity contribution in [1.82, 2.24) is 15.1 Å². The monoisotopic (exact) mass is 500 g/mol. The second kappa shape index (κ2) is 12.7. The quantitative estimate of drug-likeness (QED) is 0.542. The fourth-order valence-corrected chi connectivity index (χ4v) is 7.11. The van der Waals surface area contributed by atoms with Crippen molar-refractivity contribution in [2.45, 2.75) is 102 Å². The number of nitriles is 1. The predicted octanol–water partition coefficient (Wildman–Crippen LogP) is 4.12. The van der Waals surface area contributed by atoms with Crippen molar-refractivity contribution >= 4 is 11.8 Å². The van der Waals surface area contributed by atoms with Crippen molar-refractivity contribution in [2.75, 3.05) is 39.4 Å². The van der Waals surface area contributed by atoms with Gasteiger partial charge in [-0.15, -0.1) is 0 Å². The van der Waals surface area contributed by atoms with Gasteiger partial charge in [0, 0.05) is 44.6 Å². The maximum Gasteiger partial charge on any atom is 0.224 e. The van der Waals surface area contributed by atoms with E-state index >= 15 is 0 Å². The molecular formula is C29H48N4O3. The molecule has 4 rings (SSSR count). The molecule has 0 radical (unpaired) electrons. The van der Waals surface area contributed by atoms with Crippen LogP contribution in [0.1, 0.15) is 90.9 Å². The number of carbonyl (C=O) groups is 2. The van der Waals surface area contributed by atoms with Crippen molar-refractivity contribution in [3.05, 3.63) is 0 Å². The Morgan fingerprint density at radius 2 is 1.81 bits per heavy atom. The van der Waals surface area contributed by atoms with Gasteiger partial charge in [-0.1, -0.05) is 58.8 Å². The van der Waals surface area contributed by atoms with E-state index in [9.17, 15) is 14.9 Å². The lowest BCUT2D eigenvalue weighted by Crippen LogP contribution is -2.53. The van der Waals surface area contributed by atoms with E-state index in [1.807, 2.05) is 4.90 Å². The minimum atomic E-state index is -0.839. The summed E-state index contributed by atoms with van der Waals surface area (Å²) in [4.78, 5) is 31.1. The third-order valence-corrected chi connectivity index (χ3v) is 9.52. The first-order chi connectivity index (χ1) is 17.4. The smallest absolute Gasteiger partial charge is 0.224 e. The fraction of sp³-hybridized carbons (Fsp3) is 0.897. The number of carbonyl (C=O) groups excluding carboxylic acids is 2. The highest BCUT2D eigenvalue weighted by Gasteiger charge is 2.44. The van der Waals surface area contributed by atoms with Gasteiger partial charge in [-0.2, -0.15) is 5.26 Å². The van der Waals surface area contributed by atoms with Crippen LogP contribution in [0.4, 0.5) is 0 Å². The number of likely N-dealkylation sites (tertiary alicyclic amines) is 1. The molecule has 0 bridgehead atoms. The second-order valence-corrected chi connectivity index (χ2v) is 12.4. The molecule has 0 aromatic rings. The summed E-state index contributed by atoms with van der Waals surface area (Å²) in [5.41, 5.74) is -0.839. The first-order valence-corrected chi connectivity index (χ1v) is 14.7. The number of morpholine rings is 1. The van der Waals surface area contributed by atoms with E-state index in [1.54, 1.807) is 0 Å². The van der Waals surface area contributed by atoms with Crippen LogP contribution >= 0.6 is 0 Å². The highest BCUT2D eigenvalue weighted by Crippen LogP contribution is 2.36. The minimum absolute atomic E-state index is 0.0512. The molecule has 0 aromatic heterocycles. The van der Waals surface area contributed by atoms with Crippen molar-refractivity contribution in [2.24, 2.45) is 23.7 Å². The van der Waals surface area contributed by atoms with Crippen LogP contribution < -0.4 is 5.32 Å². The lowest BCUT2D eigenvalue weighted by atomic mass is 9.79. The highest BCUT2D eigenvalue weighted by molar-refractivity contribution is 5.86. The molecule has 2 amide bonds. The lowest BCUT2D eigenvalue weighted by Gasteiger charge is -2.37. The van der Waals surface area contributed by atoms with Gasteiger partial charge in [-0.25, -0.2) is 0 Å². The molecular weight excluding hydrogens is 452 g/mol. The molecule has 1 N–H and O–H groups in total. The Balaban J connectivity index is 1.40. The topological polar surface area (TPSA) is 85.7 Å². The summed E-state index contributed by atoms with van der Waals surface area (Å²) in [5, 5.41) is 13.4. The van der Waals surface area contributed by atoms with E-state index in [-0.39, 0.29) is 24.2 Å². The molecule has 2 saturated heterocycles. The van der Waals surface area contributed by atoms with Crippen LogP contribution in [0, 0.1) is 35.0 Å². The van der Waals surface area contributed by atoms with E-state index in [0.29, 0.717) is 57.1 Å². The predicted molar refractivity (Wildman–Crippen MR) is 140 cm³/mol. The van der Waals surface area contributed by atoms with Gasteiger partial charge >= 0.3 is 0 Å². The Hall–Kier alpha value is -1.65.